The molecule has 1 aliphatic heterocycles. The number of carboxylic acid groups (broad SMARTS) is 1. The summed E-state index contributed by atoms with van der Waals surface area (Å²) in [7, 11) is -3.79. The van der Waals surface area contributed by atoms with Crippen molar-refractivity contribution in [1.82, 2.24) is 9.03 Å². The second-order valence-electron chi connectivity index (χ2n) is 6.55. The molecule has 1 aromatic carbocycles. The van der Waals surface area contributed by atoms with E-state index in [2.05, 4.69) is 10.0 Å². The highest BCUT2D eigenvalue weighted by atomic mass is 32.2. The quantitative estimate of drug-likeness (QED) is 0.656. The number of nitrogens with zero attached hydrogens (tertiary/aromatic N) is 1. The number of carbonyl (C=O) groups excluding carboxylic acids is 1. The third-order valence-corrected chi connectivity index (χ3v) is 5.95. The second kappa shape index (κ2) is 8.61. The van der Waals surface area contributed by atoms with E-state index in [9.17, 15) is 18.0 Å². The lowest BCUT2D eigenvalue weighted by Gasteiger charge is -2.29. The van der Waals surface area contributed by atoms with Gasteiger partial charge in [0.1, 0.15) is 0 Å². The van der Waals surface area contributed by atoms with E-state index in [0.29, 0.717) is 18.5 Å². The average Bonchev–Trinajstić information content (AvgIpc) is 2.57. The molecular formula is C17H25N3O5S. The topological polar surface area (TPSA) is 116 Å². The minimum atomic E-state index is -3.79. The van der Waals surface area contributed by atoms with E-state index in [-0.39, 0.29) is 32.0 Å². The Hall–Kier alpha value is -1.97. The third-order valence-electron chi connectivity index (χ3n) is 4.37. The first kappa shape index (κ1) is 20.3. The van der Waals surface area contributed by atoms with Crippen molar-refractivity contribution in [2.75, 3.05) is 25.0 Å². The molecule has 26 heavy (non-hydrogen) atoms. The van der Waals surface area contributed by atoms with Gasteiger partial charge in [-0.1, -0.05) is 17.7 Å². The van der Waals surface area contributed by atoms with Gasteiger partial charge in [0, 0.05) is 31.7 Å². The number of benzene rings is 1. The van der Waals surface area contributed by atoms with Crippen LogP contribution in [0, 0.1) is 19.8 Å². The number of amides is 1. The summed E-state index contributed by atoms with van der Waals surface area (Å²) in [6, 6.07) is 5.65. The lowest BCUT2D eigenvalue weighted by Crippen LogP contribution is -2.47. The zero-order valence-corrected chi connectivity index (χ0v) is 15.8. The molecule has 9 heteroatoms. The maximum atomic E-state index is 12.3. The molecule has 0 spiro atoms. The minimum absolute atomic E-state index is 0.0112. The molecule has 0 radical (unpaired) electrons. The fourth-order valence-corrected chi connectivity index (χ4v) is 4.20. The van der Waals surface area contributed by atoms with Gasteiger partial charge in [-0.3, -0.25) is 9.59 Å². The Morgan fingerprint density at radius 2 is 2.04 bits per heavy atom. The third kappa shape index (κ3) is 5.52. The zero-order chi connectivity index (χ0) is 19.3. The van der Waals surface area contributed by atoms with E-state index < -0.39 is 22.1 Å². The van der Waals surface area contributed by atoms with Crippen LogP contribution in [0.25, 0.3) is 0 Å². The highest BCUT2D eigenvalue weighted by molar-refractivity contribution is 7.87. The van der Waals surface area contributed by atoms with E-state index in [0.717, 1.165) is 15.4 Å². The van der Waals surface area contributed by atoms with Crippen LogP contribution < -0.4 is 10.0 Å². The summed E-state index contributed by atoms with van der Waals surface area (Å²) in [4.78, 5) is 23.1. The highest BCUT2D eigenvalue weighted by Gasteiger charge is 2.31. The van der Waals surface area contributed by atoms with Gasteiger partial charge in [-0.25, -0.2) is 4.72 Å². The number of aliphatic carboxylic acids is 1. The van der Waals surface area contributed by atoms with Crippen LogP contribution in [0.2, 0.25) is 0 Å². The van der Waals surface area contributed by atoms with Crippen LogP contribution in [-0.2, 0) is 19.8 Å². The van der Waals surface area contributed by atoms with Crippen molar-refractivity contribution >= 4 is 27.8 Å². The molecular weight excluding hydrogens is 358 g/mol. The number of carbonyl (C=O) groups is 2. The van der Waals surface area contributed by atoms with Gasteiger partial charge < -0.3 is 10.4 Å². The average molecular weight is 383 g/mol. The first-order chi connectivity index (χ1) is 12.2. The van der Waals surface area contributed by atoms with Crippen LogP contribution >= 0.6 is 0 Å². The molecule has 1 saturated heterocycles. The van der Waals surface area contributed by atoms with Gasteiger partial charge >= 0.3 is 5.97 Å². The van der Waals surface area contributed by atoms with Crippen LogP contribution in [0.1, 0.15) is 30.4 Å². The van der Waals surface area contributed by atoms with E-state index in [1.54, 1.807) is 0 Å². The maximum absolute atomic E-state index is 12.3. The van der Waals surface area contributed by atoms with Gasteiger partial charge in [-0.15, -0.1) is 0 Å². The van der Waals surface area contributed by atoms with Crippen molar-refractivity contribution < 1.29 is 23.1 Å². The molecule has 0 aliphatic carbocycles. The fourth-order valence-electron chi connectivity index (χ4n) is 2.91. The number of aryl methyl sites for hydroxylation is 2. The lowest BCUT2D eigenvalue weighted by molar-refractivity contribution is -0.142. The Balaban J connectivity index is 1.84. The molecule has 1 amide bonds. The molecule has 1 atom stereocenters. The summed E-state index contributed by atoms with van der Waals surface area (Å²) >= 11 is 0. The largest absolute Gasteiger partial charge is 0.481 e. The van der Waals surface area contributed by atoms with Crippen LogP contribution in [-0.4, -0.2) is 49.3 Å². The smallest absolute Gasteiger partial charge is 0.307 e. The summed E-state index contributed by atoms with van der Waals surface area (Å²) in [5, 5.41) is 11.8. The maximum Gasteiger partial charge on any atom is 0.307 e. The Kier molecular flexibility index (Phi) is 6.74. The van der Waals surface area contributed by atoms with Crippen molar-refractivity contribution in [2.24, 2.45) is 5.92 Å². The highest BCUT2D eigenvalue weighted by Crippen LogP contribution is 2.19. The number of rotatable bonds is 7. The minimum Gasteiger partial charge on any atom is -0.481 e. The first-order valence-electron chi connectivity index (χ1n) is 8.53. The summed E-state index contributed by atoms with van der Waals surface area (Å²) in [5.74, 6) is -1.97. The van der Waals surface area contributed by atoms with Gasteiger partial charge in [0.15, 0.2) is 0 Å². The monoisotopic (exact) mass is 383 g/mol. The van der Waals surface area contributed by atoms with E-state index in [4.69, 9.17) is 5.11 Å². The fraction of sp³-hybridized carbons (Fsp3) is 0.529. The lowest BCUT2D eigenvalue weighted by atomic mass is 10.0. The standard InChI is InChI=1S/C17H25N3O5S/c1-12-5-6-15(13(2)10-12)19-16(21)7-8-18-26(24,25)20-9-3-4-14(11-20)17(22)23/h5-6,10,14,18H,3-4,7-9,11H2,1-2H3,(H,19,21)(H,22,23)/t14-/m1/s1. The molecule has 1 aliphatic rings. The first-order valence-corrected chi connectivity index (χ1v) is 9.97. The number of hydrogen-bond donors (Lipinski definition) is 3. The molecule has 0 unspecified atom stereocenters. The van der Waals surface area contributed by atoms with Crippen LogP contribution in [0.5, 0.6) is 0 Å². The summed E-state index contributed by atoms with van der Waals surface area (Å²) in [6.45, 7) is 4.05. The van der Waals surface area contributed by atoms with Gasteiger partial charge in [-0.05, 0) is 38.3 Å². The SMILES string of the molecule is Cc1ccc(NC(=O)CCNS(=O)(=O)N2CCC[C@@H](C(=O)O)C2)c(C)c1. The van der Waals surface area contributed by atoms with Gasteiger partial charge in [-0.2, -0.15) is 12.7 Å². The number of piperidine rings is 1. The molecule has 0 bridgehead atoms. The van der Waals surface area contributed by atoms with Crippen molar-refractivity contribution in [3.8, 4) is 0 Å². The van der Waals surface area contributed by atoms with Crippen LogP contribution in [0.15, 0.2) is 18.2 Å². The molecule has 3 N–H and O–H groups in total. The van der Waals surface area contributed by atoms with Gasteiger partial charge in [0.25, 0.3) is 10.2 Å². The molecule has 2 rings (SSSR count). The van der Waals surface area contributed by atoms with Crippen molar-refractivity contribution in [3.05, 3.63) is 29.3 Å². The van der Waals surface area contributed by atoms with Gasteiger partial charge in [0.2, 0.25) is 5.91 Å². The van der Waals surface area contributed by atoms with E-state index >= 15 is 0 Å². The molecule has 8 nitrogen and oxygen atoms in total. The van der Waals surface area contributed by atoms with Crippen LogP contribution in [0.3, 0.4) is 0 Å². The normalized spacial score (nSPS) is 18.5. The molecule has 0 saturated carbocycles. The van der Waals surface area contributed by atoms with Gasteiger partial charge in [0.05, 0.1) is 5.92 Å². The molecule has 1 fully saturated rings. The second-order valence-corrected chi connectivity index (χ2v) is 8.31. The Morgan fingerprint density at radius 1 is 1.31 bits per heavy atom. The van der Waals surface area contributed by atoms with E-state index in [1.807, 2.05) is 32.0 Å². The Labute approximate surface area is 153 Å². The Bertz CT molecular complexity index is 779. The van der Waals surface area contributed by atoms with Crippen molar-refractivity contribution in [2.45, 2.75) is 33.1 Å². The number of nitrogens with one attached hydrogen (secondary N) is 2. The molecule has 1 aromatic rings. The van der Waals surface area contributed by atoms with Crippen LogP contribution in [0.4, 0.5) is 5.69 Å². The molecule has 0 aromatic heterocycles. The predicted molar refractivity (Wildman–Crippen MR) is 98.0 cm³/mol. The number of hydrogen-bond acceptors (Lipinski definition) is 4. The predicted octanol–water partition coefficient (Wildman–Crippen LogP) is 1.26. The zero-order valence-electron chi connectivity index (χ0n) is 15.0. The molecule has 1 heterocycles. The van der Waals surface area contributed by atoms with Crippen molar-refractivity contribution in [1.29, 1.82) is 0 Å². The molecule has 144 valence electrons. The summed E-state index contributed by atoms with van der Waals surface area (Å²) in [6.07, 6.45) is 0.966. The number of carboxylic acids is 1. The Morgan fingerprint density at radius 3 is 2.69 bits per heavy atom. The summed E-state index contributed by atoms with van der Waals surface area (Å²) in [5.41, 5.74) is 2.73. The van der Waals surface area contributed by atoms with E-state index in [1.165, 1.54) is 0 Å². The van der Waals surface area contributed by atoms with Crippen molar-refractivity contribution in [3.63, 3.8) is 0 Å². The summed E-state index contributed by atoms with van der Waals surface area (Å²) < 4.78 is 28.1. The number of anilines is 1.